The predicted molar refractivity (Wildman–Crippen MR) is 61.7 cm³/mol. The van der Waals surface area contributed by atoms with Crippen molar-refractivity contribution in [3.05, 3.63) is 35.4 Å². The lowest BCUT2D eigenvalue weighted by molar-refractivity contribution is 0.183. The number of rotatable bonds is 5. The zero-order valence-corrected chi connectivity index (χ0v) is 9.26. The van der Waals surface area contributed by atoms with Gasteiger partial charge in [-0.2, -0.15) is 5.26 Å². The first-order chi connectivity index (χ1) is 7.85. The van der Waals surface area contributed by atoms with Gasteiger partial charge in [-0.15, -0.1) is 0 Å². The van der Waals surface area contributed by atoms with Crippen molar-refractivity contribution >= 4 is 0 Å². The summed E-state index contributed by atoms with van der Waals surface area (Å²) in [5.74, 6) is 0. The zero-order valence-electron chi connectivity index (χ0n) is 9.26. The maximum absolute atomic E-state index is 9.01. The molecule has 84 valence electrons. The van der Waals surface area contributed by atoms with Crippen LogP contribution in [0.15, 0.2) is 24.3 Å². The van der Waals surface area contributed by atoms with Crippen molar-refractivity contribution in [1.29, 1.82) is 5.26 Å². The van der Waals surface area contributed by atoms with Crippen molar-refractivity contribution in [2.24, 2.45) is 0 Å². The molecule has 0 unspecified atom stereocenters. The maximum atomic E-state index is 9.01. The van der Waals surface area contributed by atoms with Crippen LogP contribution in [0.4, 0.5) is 0 Å². The van der Waals surface area contributed by atoms with Crippen molar-refractivity contribution < 1.29 is 5.11 Å². The van der Waals surface area contributed by atoms with E-state index in [0.717, 1.165) is 17.7 Å². The number of nitrogens with zero attached hydrogens (tertiary/aromatic N) is 2. The third-order valence-corrected chi connectivity index (χ3v) is 2.96. The van der Waals surface area contributed by atoms with E-state index in [-0.39, 0.29) is 6.61 Å². The first-order valence-electron chi connectivity index (χ1n) is 5.68. The van der Waals surface area contributed by atoms with Crippen LogP contribution in [0.25, 0.3) is 0 Å². The fourth-order valence-electron chi connectivity index (χ4n) is 1.94. The molecule has 0 atom stereocenters. The van der Waals surface area contributed by atoms with Gasteiger partial charge in [0, 0.05) is 19.1 Å². The lowest BCUT2D eigenvalue weighted by Gasteiger charge is -2.21. The summed E-state index contributed by atoms with van der Waals surface area (Å²) >= 11 is 0. The highest BCUT2D eigenvalue weighted by molar-refractivity contribution is 5.37. The molecule has 1 aliphatic rings. The minimum Gasteiger partial charge on any atom is -0.395 e. The van der Waals surface area contributed by atoms with Crippen LogP contribution in [0, 0.1) is 11.3 Å². The van der Waals surface area contributed by atoms with E-state index < -0.39 is 0 Å². The van der Waals surface area contributed by atoms with Crippen LogP contribution in [0.1, 0.15) is 24.0 Å². The second-order valence-electron chi connectivity index (χ2n) is 4.19. The van der Waals surface area contributed by atoms with Crippen LogP contribution in [0.3, 0.4) is 0 Å². The van der Waals surface area contributed by atoms with E-state index >= 15 is 0 Å². The number of aliphatic hydroxyl groups excluding tert-OH is 1. The molecule has 1 N–H and O–H groups in total. The standard InChI is InChI=1S/C13H16N2O/c14-9-11-3-1-2-4-12(11)10-15(7-8-16)13-5-6-13/h1-4,13,16H,5-8,10H2. The van der Waals surface area contributed by atoms with Gasteiger partial charge in [0.1, 0.15) is 0 Å². The van der Waals surface area contributed by atoms with Crippen LogP contribution in [0.2, 0.25) is 0 Å². The fraction of sp³-hybridized carbons (Fsp3) is 0.462. The van der Waals surface area contributed by atoms with E-state index in [9.17, 15) is 0 Å². The molecule has 1 aliphatic carbocycles. The minimum atomic E-state index is 0.186. The number of hydrogen-bond acceptors (Lipinski definition) is 3. The molecule has 0 saturated heterocycles. The zero-order chi connectivity index (χ0) is 11.4. The van der Waals surface area contributed by atoms with E-state index in [1.165, 1.54) is 12.8 Å². The molecule has 3 nitrogen and oxygen atoms in total. The van der Waals surface area contributed by atoms with Gasteiger partial charge in [0.2, 0.25) is 0 Å². The molecule has 16 heavy (non-hydrogen) atoms. The van der Waals surface area contributed by atoms with E-state index in [2.05, 4.69) is 11.0 Å². The number of hydrogen-bond donors (Lipinski definition) is 1. The smallest absolute Gasteiger partial charge is 0.0995 e. The molecule has 0 aromatic heterocycles. The normalized spacial score (nSPS) is 15.1. The molecule has 0 bridgehead atoms. The van der Waals surface area contributed by atoms with Crippen molar-refractivity contribution in [3.8, 4) is 6.07 Å². The number of benzene rings is 1. The van der Waals surface area contributed by atoms with Crippen LogP contribution in [-0.4, -0.2) is 29.2 Å². The Bertz CT molecular complexity index is 393. The minimum absolute atomic E-state index is 0.186. The molecule has 1 fully saturated rings. The average Bonchev–Trinajstić information content (AvgIpc) is 3.13. The third kappa shape index (κ3) is 2.60. The van der Waals surface area contributed by atoms with Gasteiger partial charge >= 0.3 is 0 Å². The highest BCUT2D eigenvalue weighted by Gasteiger charge is 2.28. The molecule has 0 radical (unpaired) electrons. The summed E-state index contributed by atoms with van der Waals surface area (Å²) in [5, 5.41) is 18.0. The van der Waals surface area contributed by atoms with E-state index in [1.807, 2.05) is 24.3 Å². The molecule has 1 saturated carbocycles. The highest BCUT2D eigenvalue weighted by Crippen LogP contribution is 2.28. The largest absolute Gasteiger partial charge is 0.395 e. The highest BCUT2D eigenvalue weighted by atomic mass is 16.3. The number of aliphatic hydroxyl groups is 1. The summed E-state index contributed by atoms with van der Waals surface area (Å²) in [4.78, 5) is 2.26. The van der Waals surface area contributed by atoms with Gasteiger partial charge in [-0.1, -0.05) is 18.2 Å². The Kier molecular flexibility index (Phi) is 3.55. The Morgan fingerprint density at radius 2 is 2.12 bits per heavy atom. The average molecular weight is 216 g/mol. The molecule has 0 spiro atoms. The quantitative estimate of drug-likeness (QED) is 0.811. The van der Waals surface area contributed by atoms with E-state index in [1.54, 1.807) is 0 Å². The van der Waals surface area contributed by atoms with Crippen LogP contribution in [-0.2, 0) is 6.54 Å². The SMILES string of the molecule is N#Cc1ccccc1CN(CCO)C1CC1. The first kappa shape index (κ1) is 11.1. The third-order valence-electron chi connectivity index (χ3n) is 2.96. The molecule has 3 heteroatoms. The van der Waals surface area contributed by atoms with Gasteiger partial charge in [0.15, 0.2) is 0 Å². The Hall–Kier alpha value is -1.37. The topological polar surface area (TPSA) is 47.3 Å². The summed E-state index contributed by atoms with van der Waals surface area (Å²) in [6.45, 7) is 1.66. The summed E-state index contributed by atoms with van der Waals surface area (Å²) in [7, 11) is 0. The molecule has 1 aromatic rings. The second-order valence-corrected chi connectivity index (χ2v) is 4.19. The van der Waals surface area contributed by atoms with Gasteiger partial charge in [0.05, 0.1) is 18.2 Å². The second kappa shape index (κ2) is 5.11. The molecule has 0 aliphatic heterocycles. The lowest BCUT2D eigenvalue weighted by Crippen LogP contribution is -2.28. The molecule has 0 heterocycles. The summed E-state index contributed by atoms with van der Waals surface area (Å²) in [5.41, 5.74) is 1.80. The molecule has 0 amide bonds. The van der Waals surface area contributed by atoms with Crippen molar-refractivity contribution in [1.82, 2.24) is 4.90 Å². The van der Waals surface area contributed by atoms with Gasteiger partial charge < -0.3 is 5.11 Å². The fourth-order valence-corrected chi connectivity index (χ4v) is 1.94. The van der Waals surface area contributed by atoms with Crippen molar-refractivity contribution in [2.45, 2.75) is 25.4 Å². The van der Waals surface area contributed by atoms with Crippen LogP contribution < -0.4 is 0 Å². The molecule has 1 aromatic carbocycles. The number of nitriles is 1. The van der Waals surface area contributed by atoms with Gasteiger partial charge in [0.25, 0.3) is 0 Å². The summed E-state index contributed by atoms with van der Waals surface area (Å²) < 4.78 is 0. The predicted octanol–water partition coefficient (Wildman–Crippen LogP) is 1.51. The van der Waals surface area contributed by atoms with E-state index in [0.29, 0.717) is 12.6 Å². The Morgan fingerprint density at radius 1 is 1.38 bits per heavy atom. The maximum Gasteiger partial charge on any atom is 0.0995 e. The van der Waals surface area contributed by atoms with Gasteiger partial charge in [-0.25, -0.2) is 0 Å². The van der Waals surface area contributed by atoms with Crippen molar-refractivity contribution in [2.75, 3.05) is 13.2 Å². The van der Waals surface area contributed by atoms with Crippen molar-refractivity contribution in [3.63, 3.8) is 0 Å². The van der Waals surface area contributed by atoms with Crippen LogP contribution in [0.5, 0.6) is 0 Å². The summed E-state index contributed by atoms with van der Waals surface area (Å²) in [6.07, 6.45) is 2.43. The Balaban J connectivity index is 2.09. The monoisotopic (exact) mass is 216 g/mol. The molecular formula is C13H16N2O. The van der Waals surface area contributed by atoms with Crippen LogP contribution >= 0.6 is 0 Å². The Morgan fingerprint density at radius 3 is 2.75 bits per heavy atom. The lowest BCUT2D eigenvalue weighted by atomic mass is 10.1. The van der Waals surface area contributed by atoms with Gasteiger partial charge in [-0.3, -0.25) is 4.90 Å². The molecule has 2 rings (SSSR count). The molecular weight excluding hydrogens is 200 g/mol. The van der Waals surface area contributed by atoms with Gasteiger partial charge in [-0.05, 0) is 24.5 Å². The Labute approximate surface area is 95.9 Å². The van der Waals surface area contributed by atoms with E-state index in [4.69, 9.17) is 10.4 Å². The first-order valence-corrected chi connectivity index (χ1v) is 5.68. The summed E-state index contributed by atoms with van der Waals surface area (Å²) in [6, 6.07) is 10.5.